The second kappa shape index (κ2) is 5.44. The zero-order valence-electron chi connectivity index (χ0n) is 9.40. The van der Waals surface area contributed by atoms with E-state index >= 15 is 0 Å². The van der Waals surface area contributed by atoms with Gasteiger partial charge in [-0.3, -0.25) is 4.99 Å². The number of anilines is 1. The highest BCUT2D eigenvalue weighted by Gasteiger charge is 2.16. The van der Waals surface area contributed by atoms with Gasteiger partial charge >= 0.3 is 0 Å². The fourth-order valence-corrected chi connectivity index (χ4v) is 2.80. The van der Waals surface area contributed by atoms with E-state index in [1.165, 1.54) is 0 Å². The van der Waals surface area contributed by atoms with Crippen LogP contribution in [-0.4, -0.2) is 17.0 Å². The molecule has 88 valence electrons. The lowest BCUT2D eigenvalue weighted by atomic mass is 10.2. The summed E-state index contributed by atoms with van der Waals surface area (Å²) in [7, 11) is 0. The highest BCUT2D eigenvalue weighted by molar-refractivity contribution is 8.14. The summed E-state index contributed by atoms with van der Waals surface area (Å²) in [6.07, 6.45) is 1.06. The molecule has 1 atom stereocenters. The molecule has 1 aliphatic rings. The van der Waals surface area contributed by atoms with E-state index in [4.69, 9.17) is 16.9 Å². The van der Waals surface area contributed by atoms with E-state index in [2.05, 4.69) is 17.2 Å². The molecule has 1 heterocycles. The van der Waals surface area contributed by atoms with Crippen LogP contribution in [0.3, 0.4) is 0 Å². The highest BCUT2D eigenvalue weighted by atomic mass is 35.5. The maximum Gasteiger partial charge on any atom is 0.161 e. The van der Waals surface area contributed by atoms with Crippen molar-refractivity contribution in [3.8, 4) is 6.07 Å². The minimum Gasteiger partial charge on any atom is -0.335 e. The van der Waals surface area contributed by atoms with Crippen LogP contribution in [0.2, 0.25) is 5.02 Å². The van der Waals surface area contributed by atoms with E-state index in [0.717, 1.165) is 23.0 Å². The van der Waals surface area contributed by atoms with E-state index in [0.29, 0.717) is 16.6 Å². The lowest BCUT2D eigenvalue weighted by molar-refractivity contribution is 0.738. The van der Waals surface area contributed by atoms with Gasteiger partial charge in [0.25, 0.3) is 0 Å². The van der Waals surface area contributed by atoms with Gasteiger partial charge in [-0.2, -0.15) is 5.26 Å². The molecule has 2 rings (SSSR count). The minimum atomic E-state index is 0.413. The molecule has 0 amide bonds. The first-order valence-corrected chi connectivity index (χ1v) is 6.76. The van der Waals surface area contributed by atoms with Crippen LogP contribution in [0.25, 0.3) is 0 Å². The smallest absolute Gasteiger partial charge is 0.161 e. The average molecular weight is 266 g/mol. The maximum atomic E-state index is 8.78. The number of hydrogen-bond donors (Lipinski definition) is 1. The van der Waals surface area contributed by atoms with Gasteiger partial charge in [-0.25, -0.2) is 0 Å². The zero-order chi connectivity index (χ0) is 12.3. The summed E-state index contributed by atoms with van der Waals surface area (Å²) >= 11 is 7.68. The van der Waals surface area contributed by atoms with Gasteiger partial charge in [-0.05, 0) is 24.6 Å². The fourth-order valence-electron chi connectivity index (χ4n) is 1.50. The Bertz CT molecular complexity index is 493. The topological polar surface area (TPSA) is 48.2 Å². The molecule has 1 aliphatic heterocycles. The lowest BCUT2D eigenvalue weighted by Gasteiger charge is -2.05. The molecule has 1 aromatic rings. The Morgan fingerprint density at radius 1 is 1.65 bits per heavy atom. The molecule has 0 saturated carbocycles. The van der Waals surface area contributed by atoms with Crippen LogP contribution < -0.4 is 5.32 Å². The first-order chi connectivity index (χ1) is 8.22. The highest BCUT2D eigenvalue weighted by Crippen LogP contribution is 2.24. The van der Waals surface area contributed by atoms with Crippen molar-refractivity contribution in [2.24, 2.45) is 4.99 Å². The van der Waals surface area contributed by atoms with Crippen LogP contribution in [0.1, 0.15) is 18.9 Å². The summed E-state index contributed by atoms with van der Waals surface area (Å²) in [5, 5.41) is 13.4. The molecule has 1 unspecified atom stereocenters. The summed E-state index contributed by atoms with van der Waals surface area (Å²) in [5.41, 5.74) is 1.36. The molecule has 0 spiro atoms. The van der Waals surface area contributed by atoms with Gasteiger partial charge in [0.2, 0.25) is 0 Å². The third-order valence-electron chi connectivity index (χ3n) is 2.52. The predicted octanol–water partition coefficient (Wildman–Crippen LogP) is 3.50. The normalized spacial score (nSPS) is 18.6. The SMILES string of the molecule is CCC1CSC(Nc2ccc(C#N)c(Cl)c2)=N1. The Hall–Kier alpha value is -1.18. The maximum absolute atomic E-state index is 8.78. The van der Waals surface area contributed by atoms with Gasteiger partial charge < -0.3 is 5.32 Å². The molecule has 0 bridgehead atoms. The number of benzene rings is 1. The van der Waals surface area contributed by atoms with E-state index in [1.54, 1.807) is 23.9 Å². The number of nitriles is 1. The van der Waals surface area contributed by atoms with Crippen LogP contribution in [0.15, 0.2) is 23.2 Å². The summed E-state index contributed by atoms with van der Waals surface area (Å²) in [6, 6.07) is 7.75. The Morgan fingerprint density at radius 3 is 3.06 bits per heavy atom. The van der Waals surface area contributed by atoms with Crippen LogP contribution in [0.4, 0.5) is 5.69 Å². The van der Waals surface area contributed by atoms with Crippen molar-refractivity contribution in [3.63, 3.8) is 0 Å². The number of amidine groups is 1. The number of hydrogen-bond acceptors (Lipinski definition) is 4. The third kappa shape index (κ3) is 2.93. The van der Waals surface area contributed by atoms with Crippen LogP contribution >= 0.6 is 23.4 Å². The molecule has 5 heteroatoms. The van der Waals surface area contributed by atoms with Crippen molar-refractivity contribution >= 4 is 34.2 Å². The van der Waals surface area contributed by atoms with E-state index in [9.17, 15) is 0 Å². The minimum absolute atomic E-state index is 0.413. The molecule has 0 aromatic heterocycles. The number of aliphatic imine (C=N–C) groups is 1. The fraction of sp³-hybridized carbons (Fsp3) is 0.333. The molecule has 0 radical (unpaired) electrons. The molecule has 0 saturated heterocycles. The van der Waals surface area contributed by atoms with Crippen molar-refractivity contribution in [1.82, 2.24) is 0 Å². The molecular formula is C12H12ClN3S. The van der Waals surface area contributed by atoms with E-state index in [1.807, 2.05) is 12.1 Å². The molecular weight excluding hydrogens is 254 g/mol. The summed E-state index contributed by atoms with van der Waals surface area (Å²) < 4.78 is 0. The number of nitrogens with zero attached hydrogens (tertiary/aromatic N) is 2. The standard InChI is InChI=1S/C12H12ClN3S/c1-2-9-7-17-12(15-9)16-10-4-3-8(6-14)11(13)5-10/h3-5,9H,2,7H2,1H3,(H,15,16). The third-order valence-corrected chi connectivity index (χ3v) is 3.87. The van der Waals surface area contributed by atoms with E-state index in [-0.39, 0.29) is 0 Å². The lowest BCUT2D eigenvalue weighted by Crippen LogP contribution is -2.05. The summed E-state index contributed by atoms with van der Waals surface area (Å²) in [6.45, 7) is 2.14. The summed E-state index contributed by atoms with van der Waals surface area (Å²) in [4.78, 5) is 4.53. The second-order valence-electron chi connectivity index (χ2n) is 3.74. The van der Waals surface area contributed by atoms with Crippen LogP contribution in [0.5, 0.6) is 0 Å². The molecule has 17 heavy (non-hydrogen) atoms. The van der Waals surface area contributed by atoms with Crippen LogP contribution in [-0.2, 0) is 0 Å². The van der Waals surface area contributed by atoms with Crippen molar-refractivity contribution in [2.75, 3.05) is 11.1 Å². The number of thioether (sulfide) groups is 1. The monoisotopic (exact) mass is 265 g/mol. The predicted molar refractivity (Wildman–Crippen MR) is 73.8 cm³/mol. The molecule has 1 N–H and O–H groups in total. The number of halogens is 1. The van der Waals surface area contributed by atoms with Crippen molar-refractivity contribution in [3.05, 3.63) is 28.8 Å². The first-order valence-electron chi connectivity index (χ1n) is 5.40. The van der Waals surface area contributed by atoms with Crippen molar-refractivity contribution in [1.29, 1.82) is 5.26 Å². The zero-order valence-corrected chi connectivity index (χ0v) is 11.0. The van der Waals surface area contributed by atoms with Crippen molar-refractivity contribution < 1.29 is 0 Å². The Morgan fingerprint density at radius 2 is 2.47 bits per heavy atom. The van der Waals surface area contributed by atoms with Crippen molar-refractivity contribution in [2.45, 2.75) is 19.4 Å². The Labute approximate surface area is 110 Å². The van der Waals surface area contributed by atoms with Gasteiger partial charge in [0, 0.05) is 11.4 Å². The largest absolute Gasteiger partial charge is 0.335 e. The summed E-state index contributed by atoms with van der Waals surface area (Å²) in [5.74, 6) is 1.03. The Kier molecular flexibility index (Phi) is 3.93. The molecule has 1 aromatic carbocycles. The molecule has 0 fully saturated rings. The second-order valence-corrected chi connectivity index (χ2v) is 5.15. The Balaban J connectivity index is 2.10. The van der Waals surface area contributed by atoms with Gasteiger partial charge in [0.15, 0.2) is 5.17 Å². The quantitative estimate of drug-likeness (QED) is 0.890. The molecule has 0 aliphatic carbocycles. The van der Waals surface area contributed by atoms with Crippen LogP contribution in [0, 0.1) is 11.3 Å². The number of rotatable bonds is 2. The van der Waals surface area contributed by atoms with Gasteiger partial charge in [-0.1, -0.05) is 30.3 Å². The van der Waals surface area contributed by atoms with E-state index < -0.39 is 0 Å². The average Bonchev–Trinajstić information content (AvgIpc) is 2.77. The first kappa shape index (κ1) is 12.3. The van der Waals surface area contributed by atoms with Gasteiger partial charge in [0.1, 0.15) is 6.07 Å². The van der Waals surface area contributed by atoms with Gasteiger partial charge in [-0.15, -0.1) is 0 Å². The van der Waals surface area contributed by atoms with Gasteiger partial charge in [0.05, 0.1) is 16.6 Å². The number of nitrogens with one attached hydrogen (secondary N) is 1. The molecule has 3 nitrogen and oxygen atoms in total.